The van der Waals surface area contributed by atoms with E-state index < -0.39 is 19.8 Å². The largest absolute Gasteiger partial charge is 0.497 e. The summed E-state index contributed by atoms with van der Waals surface area (Å²) >= 11 is 6.68. The average Bonchev–Trinajstić information content (AvgIpc) is 3.79. The number of carbonyl (C=O) groups is 3. The van der Waals surface area contributed by atoms with Gasteiger partial charge < -0.3 is 29.3 Å². The van der Waals surface area contributed by atoms with Crippen LogP contribution in [0.5, 0.6) is 5.75 Å². The Labute approximate surface area is 306 Å². The van der Waals surface area contributed by atoms with Gasteiger partial charge in [0.15, 0.2) is 5.60 Å². The van der Waals surface area contributed by atoms with E-state index in [1.54, 1.807) is 23.0 Å². The summed E-state index contributed by atoms with van der Waals surface area (Å²) in [6.07, 6.45) is 3.70. The first-order valence-corrected chi connectivity index (χ1v) is 21.7. The number of carbonyl (C=O) groups excluding carboxylic acids is 3. The highest BCUT2D eigenvalue weighted by molar-refractivity contribution is 6.91. The molecule has 1 N–H and O–H groups in total. The SMILES string of the molecule is COc1ccc([Si](C)(C)[C@H]2[C@H](CC(=O)N3CCC[C@H]3CO)O[C@@]3(C(=O)N(Cc4ccc(N5CCCCC5=O)cc4)c4ccc(Cl)cc43)[C@@H]2C)cc1. The van der Waals surface area contributed by atoms with Crippen molar-refractivity contribution in [1.29, 1.82) is 0 Å². The van der Waals surface area contributed by atoms with Gasteiger partial charge in [-0.25, -0.2) is 0 Å². The minimum absolute atomic E-state index is 0.0498. The van der Waals surface area contributed by atoms with Gasteiger partial charge in [0, 0.05) is 41.7 Å². The highest BCUT2D eigenvalue weighted by Gasteiger charge is 2.66. The predicted molar refractivity (Wildman–Crippen MR) is 201 cm³/mol. The monoisotopic (exact) mass is 729 g/mol. The zero-order valence-corrected chi connectivity index (χ0v) is 31.7. The first-order valence-electron chi connectivity index (χ1n) is 18.2. The van der Waals surface area contributed by atoms with Crippen molar-refractivity contribution in [1.82, 2.24) is 4.90 Å². The van der Waals surface area contributed by atoms with Crippen molar-refractivity contribution in [2.75, 3.05) is 36.6 Å². The van der Waals surface area contributed by atoms with Crippen LogP contribution in [0.25, 0.3) is 0 Å². The maximum Gasteiger partial charge on any atom is 0.264 e. The van der Waals surface area contributed by atoms with Crippen LogP contribution in [0.2, 0.25) is 23.7 Å². The van der Waals surface area contributed by atoms with E-state index in [1.165, 1.54) is 5.19 Å². The molecule has 0 saturated carbocycles. The topological polar surface area (TPSA) is 99.6 Å². The van der Waals surface area contributed by atoms with Gasteiger partial charge in [-0.3, -0.25) is 14.4 Å². The molecule has 3 saturated heterocycles. The molecule has 9 nitrogen and oxygen atoms in total. The summed E-state index contributed by atoms with van der Waals surface area (Å²) in [6.45, 7) is 8.28. The Bertz CT molecular complexity index is 1800. The van der Waals surface area contributed by atoms with E-state index in [9.17, 15) is 14.7 Å². The van der Waals surface area contributed by atoms with Gasteiger partial charge in [0.2, 0.25) is 11.8 Å². The van der Waals surface area contributed by atoms with Crippen molar-refractivity contribution >= 4 is 54.0 Å². The second kappa shape index (κ2) is 14.0. The molecule has 0 bridgehead atoms. The van der Waals surface area contributed by atoms with Crippen molar-refractivity contribution in [2.24, 2.45) is 5.92 Å². The van der Waals surface area contributed by atoms with Gasteiger partial charge in [-0.15, -0.1) is 0 Å². The second-order valence-corrected chi connectivity index (χ2v) is 20.3. The fourth-order valence-electron chi connectivity index (χ4n) is 9.33. The molecule has 270 valence electrons. The minimum atomic E-state index is -2.46. The number of piperidine rings is 1. The lowest BCUT2D eigenvalue weighted by atomic mass is 9.82. The number of hydrogen-bond acceptors (Lipinski definition) is 6. The minimum Gasteiger partial charge on any atom is -0.497 e. The van der Waals surface area contributed by atoms with Crippen molar-refractivity contribution in [3.8, 4) is 5.75 Å². The molecule has 3 fully saturated rings. The molecule has 0 unspecified atom stereocenters. The van der Waals surface area contributed by atoms with Gasteiger partial charge >= 0.3 is 0 Å². The maximum atomic E-state index is 15.1. The number of nitrogens with zero attached hydrogens (tertiary/aromatic N) is 3. The average molecular weight is 730 g/mol. The second-order valence-electron chi connectivity index (χ2n) is 15.1. The van der Waals surface area contributed by atoms with Crippen LogP contribution in [-0.2, 0) is 31.3 Å². The highest BCUT2D eigenvalue weighted by atomic mass is 35.5. The number of rotatable bonds is 9. The molecule has 4 heterocycles. The third-order valence-corrected chi connectivity index (χ3v) is 16.6. The zero-order valence-electron chi connectivity index (χ0n) is 29.9. The lowest BCUT2D eigenvalue weighted by Crippen LogP contribution is -2.52. The van der Waals surface area contributed by atoms with Gasteiger partial charge in [0.25, 0.3) is 5.91 Å². The number of benzene rings is 3. The third kappa shape index (κ3) is 6.17. The summed E-state index contributed by atoms with van der Waals surface area (Å²) in [5, 5.41) is 11.7. The lowest BCUT2D eigenvalue weighted by molar-refractivity contribution is -0.150. The number of likely N-dealkylation sites (tertiary alicyclic amines) is 1. The molecule has 1 spiro atoms. The number of aliphatic hydroxyl groups excluding tert-OH is 1. The molecule has 7 rings (SSSR count). The van der Waals surface area contributed by atoms with Crippen LogP contribution in [0.3, 0.4) is 0 Å². The Kier molecular flexibility index (Phi) is 9.81. The Morgan fingerprint density at radius 1 is 1.02 bits per heavy atom. The molecule has 0 radical (unpaired) electrons. The van der Waals surface area contributed by atoms with Crippen LogP contribution in [0.4, 0.5) is 11.4 Å². The summed E-state index contributed by atoms with van der Waals surface area (Å²) < 4.78 is 12.6. The fraction of sp³-hybridized carbons (Fsp3) is 0.475. The van der Waals surface area contributed by atoms with Crippen LogP contribution >= 0.6 is 11.6 Å². The van der Waals surface area contributed by atoms with Gasteiger partial charge in [0.1, 0.15) is 5.75 Å². The molecule has 4 aliphatic heterocycles. The summed E-state index contributed by atoms with van der Waals surface area (Å²) in [4.78, 5) is 47.1. The number of anilines is 2. The smallest absolute Gasteiger partial charge is 0.264 e. The van der Waals surface area contributed by atoms with E-state index >= 15 is 4.79 Å². The molecule has 3 aromatic rings. The van der Waals surface area contributed by atoms with E-state index in [-0.39, 0.29) is 48.3 Å². The van der Waals surface area contributed by atoms with Crippen LogP contribution in [0, 0.1) is 5.92 Å². The number of amides is 3. The van der Waals surface area contributed by atoms with E-state index in [4.69, 9.17) is 21.1 Å². The van der Waals surface area contributed by atoms with Crippen LogP contribution < -0.4 is 19.7 Å². The third-order valence-electron chi connectivity index (χ3n) is 12.0. The molecule has 0 aromatic heterocycles. The number of methoxy groups -OCH3 is 1. The predicted octanol–water partition coefficient (Wildman–Crippen LogP) is 6.00. The van der Waals surface area contributed by atoms with Crippen molar-refractivity contribution in [3.05, 3.63) is 82.9 Å². The molecule has 4 aliphatic rings. The molecule has 5 atom stereocenters. The molecular formula is C40H48ClN3O6Si. The van der Waals surface area contributed by atoms with Crippen molar-refractivity contribution < 1.29 is 29.0 Å². The summed E-state index contributed by atoms with van der Waals surface area (Å²) in [5.74, 6) is 0.424. The van der Waals surface area contributed by atoms with E-state index in [0.717, 1.165) is 53.9 Å². The molecule has 3 amide bonds. The van der Waals surface area contributed by atoms with Gasteiger partial charge in [-0.05, 0) is 79.3 Å². The fourth-order valence-corrected chi connectivity index (χ4v) is 13.5. The Balaban J connectivity index is 1.25. The first-order chi connectivity index (χ1) is 24.5. The molecular weight excluding hydrogens is 682 g/mol. The Morgan fingerprint density at radius 3 is 2.45 bits per heavy atom. The van der Waals surface area contributed by atoms with Gasteiger partial charge in [-0.2, -0.15) is 0 Å². The van der Waals surface area contributed by atoms with Crippen molar-refractivity contribution in [2.45, 2.75) is 88.4 Å². The molecule has 0 aliphatic carbocycles. The van der Waals surface area contributed by atoms with Crippen LogP contribution in [0.15, 0.2) is 66.7 Å². The first kappa shape index (κ1) is 35.7. The number of fused-ring (bicyclic) bond motifs is 2. The normalized spacial score (nSPS) is 26.4. The number of aliphatic hydroxyl groups is 1. The summed E-state index contributed by atoms with van der Waals surface area (Å²) in [6, 6.07) is 21.4. The van der Waals surface area contributed by atoms with Crippen LogP contribution in [-0.4, -0.2) is 74.8 Å². The number of hydrogen-bond donors (Lipinski definition) is 1. The lowest BCUT2D eigenvalue weighted by Gasteiger charge is -2.37. The zero-order chi connectivity index (χ0) is 36.1. The summed E-state index contributed by atoms with van der Waals surface area (Å²) in [5.41, 5.74) is 1.84. The quantitative estimate of drug-likeness (QED) is 0.272. The van der Waals surface area contributed by atoms with E-state index in [0.29, 0.717) is 31.1 Å². The van der Waals surface area contributed by atoms with Gasteiger partial charge in [-0.1, -0.05) is 61.1 Å². The Hall–Kier alpha value is -3.70. The van der Waals surface area contributed by atoms with Gasteiger partial charge in [0.05, 0.1) is 52.6 Å². The highest BCUT2D eigenvalue weighted by Crippen LogP contribution is 2.60. The van der Waals surface area contributed by atoms with E-state index in [2.05, 4.69) is 32.2 Å². The Morgan fingerprint density at radius 2 is 1.76 bits per heavy atom. The summed E-state index contributed by atoms with van der Waals surface area (Å²) in [7, 11) is -0.809. The standard InChI is InChI=1S/C40H48ClN3O6Si/c1-26-38(51(3,4)32-17-15-31(49-2)16-18-32)35(23-37(47)43-21-7-8-30(43)25-45)50-40(26)33-22-28(41)12-19-34(33)44(39(40)48)24-27-10-13-29(14-11-27)42-20-6-5-9-36(42)46/h10-19,22,26,30,35,38,45H,5-9,20-21,23-25H2,1-4H3/t26-,30+,35+,38-,40+/m1/s1. The van der Waals surface area contributed by atoms with E-state index in [1.807, 2.05) is 53.4 Å². The van der Waals surface area contributed by atoms with Crippen LogP contribution in [0.1, 0.15) is 56.6 Å². The number of ether oxygens (including phenoxy) is 2. The molecule has 11 heteroatoms. The maximum absolute atomic E-state index is 15.1. The number of halogens is 1. The van der Waals surface area contributed by atoms with Crippen molar-refractivity contribution in [3.63, 3.8) is 0 Å². The molecule has 51 heavy (non-hydrogen) atoms. The molecule has 3 aromatic carbocycles.